The van der Waals surface area contributed by atoms with Gasteiger partial charge >= 0.3 is 0 Å². The summed E-state index contributed by atoms with van der Waals surface area (Å²) in [5.41, 5.74) is 5.30. The van der Waals surface area contributed by atoms with Crippen LogP contribution in [0.5, 0.6) is 0 Å². The van der Waals surface area contributed by atoms with Crippen molar-refractivity contribution in [3.8, 4) is 11.8 Å². The molecule has 0 aliphatic carbocycles. The summed E-state index contributed by atoms with van der Waals surface area (Å²) in [4.78, 5) is 13.4. The Balaban J connectivity index is 2.49. The lowest BCUT2D eigenvalue weighted by molar-refractivity contribution is 0.0953. The van der Waals surface area contributed by atoms with Crippen LogP contribution in [0.25, 0.3) is 0 Å². The van der Waals surface area contributed by atoms with E-state index >= 15 is 0 Å². The zero-order valence-corrected chi connectivity index (χ0v) is 12.3. The second kappa shape index (κ2) is 8.20. The van der Waals surface area contributed by atoms with Crippen LogP contribution >= 0.6 is 23.1 Å². The standard InChI is InChI=1S/C13H18N2OS2/c1-10(9-17-2)8-15-13(16)12-6-5-11(18-12)4-3-7-14/h5-6,10H,7-9,14H2,1-2H3,(H,15,16). The van der Waals surface area contributed by atoms with E-state index in [4.69, 9.17) is 5.73 Å². The van der Waals surface area contributed by atoms with E-state index in [-0.39, 0.29) is 5.91 Å². The van der Waals surface area contributed by atoms with Gasteiger partial charge in [0, 0.05) is 6.54 Å². The van der Waals surface area contributed by atoms with Crippen molar-refractivity contribution in [1.29, 1.82) is 0 Å². The van der Waals surface area contributed by atoms with Gasteiger partial charge in [-0.25, -0.2) is 0 Å². The first kappa shape index (κ1) is 15.1. The molecule has 0 aromatic carbocycles. The van der Waals surface area contributed by atoms with Crippen molar-refractivity contribution in [3.63, 3.8) is 0 Å². The highest BCUT2D eigenvalue weighted by Crippen LogP contribution is 2.15. The number of thioether (sulfide) groups is 1. The Labute approximate surface area is 117 Å². The van der Waals surface area contributed by atoms with E-state index in [1.807, 2.05) is 6.07 Å². The van der Waals surface area contributed by atoms with Gasteiger partial charge < -0.3 is 11.1 Å². The number of nitrogens with one attached hydrogen (secondary N) is 1. The number of hydrogen-bond donors (Lipinski definition) is 2. The topological polar surface area (TPSA) is 55.1 Å². The summed E-state index contributed by atoms with van der Waals surface area (Å²) in [6.07, 6.45) is 2.07. The molecule has 98 valence electrons. The van der Waals surface area contributed by atoms with Crippen LogP contribution in [-0.2, 0) is 0 Å². The van der Waals surface area contributed by atoms with Crippen LogP contribution in [-0.4, -0.2) is 31.0 Å². The summed E-state index contributed by atoms with van der Waals surface area (Å²) >= 11 is 3.19. The molecule has 1 amide bonds. The van der Waals surface area contributed by atoms with Crippen LogP contribution < -0.4 is 11.1 Å². The van der Waals surface area contributed by atoms with E-state index in [0.29, 0.717) is 23.9 Å². The molecule has 0 aliphatic heterocycles. The summed E-state index contributed by atoms with van der Waals surface area (Å²) in [6, 6.07) is 3.66. The van der Waals surface area contributed by atoms with Gasteiger partial charge in [0.25, 0.3) is 5.91 Å². The number of carbonyl (C=O) groups excluding carboxylic acids is 1. The maximum Gasteiger partial charge on any atom is 0.261 e. The molecule has 1 heterocycles. The van der Waals surface area contributed by atoms with Crippen LogP contribution in [0.4, 0.5) is 0 Å². The van der Waals surface area contributed by atoms with Gasteiger partial charge in [-0.15, -0.1) is 11.3 Å². The summed E-state index contributed by atoms with van der Waals surface area (Å²) in [5, 5.41) is 2.94. The molecule has 0 radical (unpaired) electrons. The first-order valence-electron chi connectivity index (χ1n) is 5.73. The second-order valence-electron chi connectivity index (χ2n) is 3.94. The Kier molecular flexibility index (Phi) is 6.88. The maximum atomic E-state index is 11.9. The minimum Gasteiger partial charge on any atom is -0.351 e. The minimum absolute atomic E-state index is 0.0197. The molecule has 0 bridgehead atoms. The van der Waals surface area contributed by atoms with E-state index in [1.165, 1.54) is 11.3 Å². The molecular formula is C13H18N2OS2. The molecule has 1 rings (SSSR count). The number of rotatable bonds is 5. The molecule has 1 unspecified atom stereocenters. The fourth-order valence-electron chi connectivity index (χ4n) is 1.36. The molecule has 3 nitrogen and oxygen atoms in total. The summed E-state index contributed by atoms with van der Waals surface area (Å²) < 4.78 is 0. The maximum absolute atomic E-state index is 11.9. The molecule has 18 heavy (non-hydrogen) atoms. The molecule has 0 spiro atoms. The van der Waals surface area contributed by atoms with Gasteiger partial charge in [-0.2, -0.15) is 11.8 Å². The molecule has 5 heteroatoms. The number of hydrogen-bond acceptors (Lipinski definition) is 4. The highest BCUT2D eigenvalue weighted by atomic mass is 32.2. The largest absolute Gasteiger partial charge is 0.351 e. The Morgan fingerprint density at radius 3 is 3.06 bits per heavy atom. The highest BCUT2D eigenvalue weighted by molar-refractivity contribution is 7.98. The third-order valence-corrected chi connectivity index (χ3v) is 4.11. The number of carbonyl (C=O) groups is 1. The summed E-state index contributed by atoms with van der Waals surface area (Å²) in [5.74, 6) is 7.22. The van der Waals surface area contributed by atoms with Gasteiger partial charge in [0.15, 0.2) is 0 Å². The van der Waals surface area contributed by atoms with Gasteiger partial charge in [-0.1, -0.05) is 18.8 Å². The number of thiophene rings is 1. The van der Waals surface area contributed by atoms with Crippen molar-refractivity contribution in [2.24, 2.45) is 11.7 Å². The molecule has 3 N–H and O–H groups in total. The lowest BCUT2D eigenvalue weighted by Crippen LogP contribution is -2.28. The van der Waals surface area contributed by atoms with E-state index in [0.717, 1.165) is 10.6 Å². The van der Waals surface area contributed by atoms with Gasteiger partial charge in [-0.05, 0) is 30.1 Å². The predicted molar refractivity (Wildman–Crippen MR) is 80.1 cm³/mol. The molecule has 1 aromatic heterocycles. The monoisotopic (exact) mass is 282 g/mol. The van der Waals surface area contributed by atoms with Crippen molar-refractivity contribution in [2.45, 2.75) is 6.92 Å². The van der Waals surface area contributed by atoms with Crippen molar-refractivity contribution in [1.82, 2.24) is 5.32 Å². The van der Waals surface area contributed by atoms with Gasteiger partial charge in [0.05, 0.1) is 16.3 Å². The quantitative estimate of drug-likeness (QED) is 0.810. The second-order valence-corrected chi connectivity index (χ2v) is 5.93. The van der Waals surface area contributed by atoms with Gasteiger partial charge in [0.2, 0.25) is 0 Å². The Morgan fingerprint density at radius 1 is 1.61 bits per heavy atom. The van der Waals surface area contributed by atoms with Crippen molar-refractivity contribution >= 4 is 29.0 Å². The smallest absolute Gasteiger partial charge is 0.261 e. The molecule has 0 fully saturated rings. The molecule has 1 aromatic rings. The van der Waals surface area contributed by atoms with Crippen LogP contribution in [0.2, 0.25) is 0 Å². The average molecular weight is 282 g/mol. The Hall–Kier alpha value is -0.960. The molecular weight excluding hydrogens is 264 g/mol. The van der Waals surface area contributed by atoms with Crippen LogP contribution in [0.15, 0.2) is 12.1 Å². The van der Waals surface area contributed by atoms with Gasteiger partial charge in [0.1, 0.15) is 0 Å². The third-order valence-electron chi connectivity index (χ3n) is 2.21. The molecule has 0 saturated heterocycles. The molecule has 0 aliphatic rings. The zero-order valence-electron chi connectivity index (χ0n) is 10.7. The minimum atomic E-state index is -0.0197. The lowest BCUT2D eigenvalue weighted by Gasteiger charge is -2.10. The lowest BCUT2D eigenvalue weighted by atomic mass is 10.2. The third kappa shape index (κ3) is 5.13. The van der Waals surface area contributed by atoms with E-state index in [1.54, 1.807) is 17.8 Å². The van der Waals surface area contributed by atoms with Gasteiger partial charge in [-0.3, -0.25) is 4.79 Å². The first-order valence-corrected chi connectivity index (χ1v) is 7.94. The fourth-order valence-corrected chi connectivity index (χ4v) is 2.85. The zero-order chi connectivity index (χ0) is 13.4. The number of amides is 1. The van der Waals surface area contributed by atoms with Crippen LogP contribution in [0.3, 0.4) is 0 Å². The SMILES string of the molecule is CSCC(C)CNC(=O)c1ccc(C#CCN)s1. The normalized spacial score (nSPS) is 11.5. The van der Waals surface area contributed by atoms with Crippen molar-refractivity contribution in [3.05, 3.63) is 21.9 Å². The Morgan fingerprint density at radius 2 is 2.39 bits per heavy atom. The first-order chi connectivity index (χ1) is 8.67. The van der Waals surface area contributed by atoms with E-state index < -0.39 is 0 Å². The Bertz CT molecular complexity index is 445. The van der Waals surface area contributed by atoms with Crippen molar-refractivity contribution in [2.75, 3.05) is 25.1 Å². The number of nitrogens with two attached hydrogens (primary N) is 1. The van der Waals surface area contributed by atoms with E-state index in [9.17, 15) is 4.79 Å². The molecule has 1 atom stereocenters. The molecule has 0 saturated carbocycles. The van der Waals surface area contributed by atoms with Crippen molar-refractivity contribution < 1.29 is 4.79 Å². The fraction of sp³-hybridized carbons (Fsp3) is 0.462. The summed E-state index contributed by atoms with van der Waals surface area (Å²) in [7, 11) is 0. The van der Waals surface area contributed by atoms with E-state index in [2.05, 4.69) is 30.3 Å². The summed E-state index contributed by atoms with van der Waals surface area (Å²) in [6.45, 7) is 3.18. The highest BCUT2D eigenvalue weighted by Gasteiger charge is 2.09. The predicted octanol–water partition coefficient (Wildman–Crippen LogP) is 1.79. The van der Waals surface area contributed by atoms with Crippen LogP contribution in [0.1, 0.15) is 21.5 Å². The average Bonchev–Trinajstić information content (AvgIpc) is 2.82. The van der Waals surface area contributed by atoms with Crippen LogP contribution in [0, 0.1) is 17.8 Å².